The van der Waals surface area contributed by atoms with Gasteiger partial charge in [0.15, 0.2) is 5.96 Å². The molecule has 0 radical (unpaired) electrons. The number of phenols is 1. The van der Waals surface area contributed by atoms with Crippen LogP contribution >= 0.6 is 0 Å². The lowest BCUT2D eigenvalue weighted by Crippen LogP contribution is -2.28. The molecule has 5 N–H and O–H groups in total. The van der Waals surface area contributed by atoms with E-state index in [0.29, 0.717) is 24.6 Å². The fourth-order valence-electron chi connectivity index (χ4n) is 2.90. The number of anilines is 1. The number of nitrogens with two attached hydrogens (primary N) is 1. The number of guanidine groups is 1. The molecule has 0 unspecified atom stereocenters. The van der Waals surface area contributed by atoms with Crippen LogP contribution in [-0.4, -0.2) is 30.1 Å². The van der Waals surface area contributed by atoms with Crippen LogP contribution < -0.4 is 16.4 Å². The SMILES string of the molecule is NC(=NCCNC(=O)c1ccc(O)cc1)Nc1ccc2c(c1)CCC2. The molecule has 0 bridgehead atoms. The van der Waals surface area contributed by atoms with Crippen LogP contribution in [0.25, 0.3) is 0 Å². The van der Waals surface area contributed by atoms with E-state index in [0.717, 1.165) is 18.5 Å². The average Bonchev–Trinajstić information content (AvgIpc) is 3.07. The molecule has 0 aliphatic heterocycles. The van der Waals surface area contributed by atoms with Crippen LogP contribution in [0.15, 0.2) is 47.5 Å². The molecule has 0 saturated carbocycles. The third kappa shape index (κ3) is 4.50. The maximum atomic E-state index is 11.9. The van der Waals surface area contributed by atoms with Crippen LogP contribution in [0.5, 0.6) is 5.75 Å². The summed E-state index contributed by atoms with van der Waals surface area (Å²) in [5.41, 5.74) is 10.1. The van der Waals surface area contributed by atoms with Gasteiger partial charge in [-0.05, 0) is 66.8 Å². The van der Waals surface area contributed by atoms with Crippen LogP contribution in [0.2, 0.25) is 0 Å². The standard InChI is InChI=1S/C19H22N4O2/c20-19(23-16-7-4-13-2-1-3-15(13)12-16)22-11-10-21-18(25)14-5-8-17(24)9-6-14/h4-9,12,24H,1-3,10-11H2,(H,21,25)(H3,20,22,23). The fourth-order valence-corrected chi connectivity index (χ4v) is 2.90. The summed E-state index contributed by atoms with van der Waals surface area (Å²) < 4.78 is 0. The van der Waals surface area contributed by atoms with E-state index in [2.05, 4.69) is 27.8 Å². The maximum absolute atomic E-state index is 11.9. The summed E-state index contributed by atoms with van der Waals surface area (Å²) in [5, 5.41) is 15.1. The molecule has 0 heterocycles. The molecule has 6 heteroatoms. The number of aliphatic imine (C=N–C) groups is 1. The zero-order valence-corrected chi connectivity index (χ0v) is 14.0. The summed E-state index contributed by atoms with van der Waals surface area (Å²) in [6, 6.07) is 12.4. The Kier molecular flexibility index (Phi) is 5.18. The van der Waals surface area contributed by atoms with Crippen molar-refractivity contribution >= 4 is 17.6 Å². The number of nitrogens with one attached hydrogen (secondary N) is 2. The Labute approximate surface area is 146 Å². The van der Waals surface area contributed by atoms with Crippen molar-refractivity contribution in [2.24, 2.45) is 10.7 Å². The smallest absolute Gasteiger partial charge is 0.251 e. The highest BCUT2D eigenvalue weighted by Gasteiger charge is 2.10. The van der Waals surface area contributed by atoms with Crippen LogP contribution in [-0.2, 0) is 12.8 Å². The summed E-state index contributed by atoms with van der Waals surface area (Å²) >= 11 is 0. The molecule has 0 fully saturated rings. The molecule has 130 valence electrons. The number of phenolic OH excluding ortho intramolecular Hbond substituents is 1. The number of nitrogens with zero attached hydrogens (tertiary/aromatic N) is 1. The lowest BCUT2D eigenvalue weighted by Gasteiger charge is -2.08. The van der Waals surface area contributed by atoms with E-state index in [1.54, 1.807) is 12.1 Å². The predicted octanol–water partition coefficient (Wildman–Crippen LogP) is 2.04. The quantitative estimate of drug-likeness (QED) is 0.381. The molecule has 0 atom stereocenters. The van der Waals surface area contributed by atoms with Gasteiger partial charge in [-0.15, -0.1) is 0 Å². The second-order valence-electron chi connectivity index (χ2n) is 6.03. The molecule has 2 aromatic rings. The van der Waals surface area contributed by atoms with E-state index < -0.39 is 0 Å². The fraction of sp³-hybridized carbons (Fsp3) is 0.263. The lowest BCUT2D eigenvalue weighted by molar-refractivity contribution is 0.0955. The average molecular weight is 338 g/mol. The first-order chi connectivity index (χ1) is 12.1. The third-order valence-electron chi connectivity index (χ3n) is 4.18. The Balaban J connectivity index is 1.45. The van der Waals surface area contributed by atoms with Crippen molar-refractivity contribution in [3.63, 3.8) is 0 Å². The molecule has 1 amide bonds. The first-order valence-electron chi connectivity index (χ1n) is 8.38. The van der Waals surface area contributed by atoms with Crippen molar-refractivity contribution in [2.45, 2.75) is 19.3 Å². The molecular formula is C19H22N4O2. The Bertz CT molecular complexity index is 785. The third-order valence-corrected chi connectivity index (χ3v) is 4.18. The number of hydrogen-bond acceptors (Lipinski definition) is 3. The van der Waals surface area contributed by atoms with E-state index in [1.807, 2.05) is 6.07 Å². The van der Waals surface area contributed by atoms with Crippen molar-refractivity contribution in [3.05, 3.63) is 59.2 Å². The molecule has 3 rings (SSSR count). The largest absolute Gasteiger partial charge is 0.508 e. The number of carbonyl (C=O) groups is 1. The van der Waals surface area contributed by atoms with Gasteiger partial charge in [-0.2, -0.15) is 0 Å². The number of amides is 1. The van der Waals surface area contributed by atoms with Gasteiger partial charge in [0.2, 0.25) is 0 Å². The minimum absolute atomic E-state index is 0.131. The summed E-state index contributed by atoms with van der Waals surface area (Å²) in [4.78, 5) is 16.1. The number of carbonyl (C=O) groups excluding carboxylic acids is 1. The Morgan fingerprint density at radius 2 is 1.88 bits per heavy atom. The van der Waals surface area contributed by atoms with Crippen LogP contribution in [0, 0.1) is 0 Å². The van der Waals surface area contributed by atoms with E-state index in [9.17, 15) is 9.90 Å². The van der Waals surface area contributed by atoms with E-state index in [1.165, 1.54) is 29.7 Å². The maximum Gasteiger partial charge on any atom is 0.251 e. The number of fused-ring (bicyclic) bond motifs is 1. The van der Waals surface area contributed by atoms with E-state index >= 15 is 0 Å². The number of aryl methyl sites for hydroxylation is 2. The van der Waals surface area contributed by atoms with Gasteiger partial charge in [-0.25, -0.2) is 0 Å². The summed E-state index contributed by atoms with van der Waals surface area (Å²) in [7, 11) is 0. The van der Waals surface area contributed by atoms with Gasteiger partial charge in [0.25, 0.3) is 5.91 Å². The van der Waals surface area contributed by atoms with Gasteiger partial charge in [-0.1, -0.05) is 6.07 Å². The molecule has 0 saturated heterocycles. The van der Waals surface area contributed by atoms with Crippen molar-refractivity contribution in [1.29, 1.82) is 0 Å². The van der Waals surface area contributed by atoms with Gasteiger partial charge >= 0.3 is 0 Å². The Morgan fingerprint density at radius 3 is 2.68 bits per heavy atom. The van der Waals surface area contributed by atoms with Gasteiger partial charge in [-0.3, -0.25) is 9.79 Å². The van der Waals surface area contributed by atoms with Gasteiger partial charge < -0.3 is 21.5 Å². The Morgan fingerprint density at radius 1 is 1.12 bits per heavy atom. The predicted molar refractivity (Wildman–Crippen MR) is 99.0 cm³/mol. The van der Waals surface area contributed by atoms with Crippen molar-refractivity contribution in [1.82, 2.24) is 5.32 Å². The van der Waals surface area contributed by atoms with E-state index in [4.69, 9.17) is 5.73 Å². The van der Waals surface area contributed by atoms with Crippen molar-refractivity contribution in [2.75, 3.05) is 18.4 Å². The monoisotopic (exact) mass is 338 g/mol. The zero-order valence-electron chi connectivity index (χ0n) is 14.0. The molecule has 1 aliphatic carbocycles. The first kappa shape index (κ1) is 16.8. The highest BCUT2D eigenvalue weighted by molar-refractivity contribution is 5.94. The zero-order chi connectivity index (χ0) is 17.6. The summed E-state index contributed by atoms with van der Waals surface area (Å²) in [6.07, 6.45) is 3.48. The van der Waals surface area contributed by atoms with Gasteiger partial charge in [0.1, 0.15) is 5.75 Å². The summed E-state index contributed by atoms with van der Waals surface area (Å²) in [6.45, 7) is 0.764. The number of rotatable bonds is 5. The lowest BCUT2D eigenvalue weighted by atomic mass is 10.1. The normalized spacial score (nSPS) is 13.4. The first-order valence-corrected chi connectivity index (χ1v) is 8.38. The minimum atomic E-state index is -0.208. The molecule has 0 aromatic heterocycles. The highest BCUT2D eigenvalue weighted by atomic mass is 16.3. The number of benzene rings is 2. The number of aromatic hydroxyl groups is 1. The molecule has 25 heavy (non-hydrogen) atoms. The van der Waals surface area contributed by atoms with Crippen LogP contribution in [0.1, 0.15) is 27.9 Å². The van der Waals surface area contributed by atoms with Crippen molar-refractivity contribution in [3.8, 4) is 5.75 Å². The van der Waals surface area contributed by atoms with Gasteiger partial charge in [0, 0.05) is 17.8 Å². The molecule has 0 spiro atoms. The molecule has 1 aliphatic rings. The highest BCUT2D eigenvalue weighted by Crippen LogP contribution is 2.24. The van der Waals surface area contributed by atoms with Crippen LogP contribution in [0.3, 0.4) is 0 Å². The topological polar surface area (TPSA) is 99.7 Å². The van der Waals surface area contributed by atoms with Crippen LogP contribution in [0.4, 0.5) is 5.69 Å². The summed E-state index contributed by atoms with van der Waals surface area (Å²) in [5.74, 6) is 0.253. The van der Waals surface area contributed by atoms with Crippen molar-refractivity contribution < 1.29 is 9.90 Å². The second kappa shape index (κ2) is 7.70. The second-order valence-corrected chi connectivity index (χ2v) is 6.03. The van der Waals surface area contributed by atoms with Gasteiger partial charge in [0.05, 0.1) is 6.54 Å². The molecule has 2 aromatic carbocycles. The molecule has 6 nitrogen and oxygen atoms in total. The Hall–Kier alpha value is -3.02. The van der Waals surface area contributed by atoms with E-state index in [-0.39, 0.29) is 11.7 Å². The number of hydrogen-bond donors (Lipinski definition) is 4. The minimum Gasteiger partial charge on any atom is -0.508 e. The molecular weight excluding hydrogens is 316 g/mol.